The number of rotatable bonds is 0. The number of aliphatic hydroxyl groups is 2. The summed E-state index contributed by atoms with van der Waals surface area (Å²) in [5, 5.41) is 20.7. The first kappa shape index (κ1) is 16.0. The summed E-state index contributed by atoms with van der Waals surface area (Å²) >= 11 is 0. The second-order valence-electron chi connectivity index (χ2n) is 9.34. The number of hydrogen-bond acceptors (Lipinski definition) is 3. The van der Waals surface area contributed by atoms with Crippen LogP contribution in [0, 0.1) is 34.5 Å². The van der Waals surface area contributed by atoms with Crippen LogP contribution in [0.5, 0.6) is 0 Å². The van der Waals surface area contributed by atoms with Gasteiger partial charge in [-0.2, -0.15) is 0 Å². The molecule has 0 aromatic rings. The van der Waals surface area contributed by atoms with E-state index in [2.05, 4.69) is 13.8 Å². The zero-order chi connectivity index (χ0) is 16.6. The quantitative estimate of drug-likeness (QED) is 0.719. The van der Waals surface area contributed by atoms with Crippen LogP contribution in [0.15, 0.2) is 0 Å². The molecule has 4 heteroatoms. The van der Waals surface area contributed by atoms with Crippen LogP contribution < -0.4 is 0 Å². The Morgan fingerprint density at radius 2 is 1.87 bits per heavy atom. The van der Waals surface area contributed by atoms with Crippen LogP contribution in [-0.4, -0.2) is 28.0 Å². The van der Waals surface area contributed by atoms with Gasteiger partial charge in [0.15, 0.2) is 0 Å². The SMILES string of the molecule is C[C@]12CC[C@](O)(F)C[C@@H]1C[C@@H](O)[C@@H]1[C@@H]2CC[C@]2(C)C(=O)CC[C@@H]12. The smallest absolute Gasteiger partial charge is 0.207 e. The Hall–Kier alpha value is -0.480. The van der Waals surface area contributed by atoms with Crippen molar-refractivity contribution in [3.63, 3.8) is 0 Å². The molecule has 0 unspecified atom stereocenters. The number of alkyl halides is 1. The van der Waals surface area contributed by atoms with Gasteiger partial charge in [-0.05, 0) is 61.2 Å². The number of carbonyl (C=O) groups is 1. The fourth-order valence-corrected chi connectivity index (χ4v) is 6.94. The zero-order valence-electron chi connectivity index (χ0n) is 14.2. The fraction of sp³-hybridized carbons (Fsp3) is 0.947. The van der Waals surface area contributed by atoms with Gasteiger partial charge in [-0.15, -0.1) is 0 Å². The first-order valence-corrected chi connectivity index (χ1v) is 9.30. The number of aliphatic hydroxyl groups excluding tert-OH is 1. The molecule has 4 aliphatic carbocycles. The lowest BCUT2D eigenvalue weighted by molar-refractivity contribution is -0.213. The maximum atomic E-state index is 14.1. The highest BCUT2D eigenvalue weighted by molar-refractivity contribution is 5.87. The molecular weight excluding hydrogens is 295 g/mol. The van der Waals surface area contributed by atoms with Crippen LogP contribution >= 0.6 is 0 Å². The van der Waals surface area contributed by atoms with Crippen molar-refractivity contribution in [1.29, 1.82) is 0 Å². The third-order valence-electron chi connectivity index (χ3n) is 8.40. The van der Waals surface area contributed by atoms with E-state index in [1.165, 1.54) is 0 Å². The van der Waals surface area contributed by atoms with E-state index in [1.807, 2.05) is 0 Å². The van der Waals surface area contributed by atoms with Crippen LogP contribution in [0.3, 0.4) is 0 Å². The molecule has 0 aromatic heterocycles. The summed E-state index contributed by atoms with van der Waals surface area (Å²) in [6, 6.07) is 0. The molecular formula is C19H29FO3. The summed E-state index contributed by atoms with van der Waals surface area (Å²) < 4.78 is 14.1. The van der Waals surface area contributed by atoms with Gasteiger partial charge in [-0.3, -0.25) is 4.79 Å². The Morgan fingerprint density at radius 3 is 2.61 bits per heavy atom. The summed E-state index contributed by atoms with van der Waals surface area (Å²) in [5.74, 6) is -0.828. The number of hydrogen-bond donors (Lipinski definition) is 2. The normalized spacial score (nSPS) is 59.2. The molecule has 0 spiro atoms. The van der Waals surface area contributed by atoms with Gasteiger partial charge in [-0.1, -0.05) is 13.8 Å². The summed E-state index contributed by atoms with van der Waals surface area (Å²) in [6.07, 6.45) is 4.60. The highest BCUT2D eigenvalue weighted by Crippen LogP contribution is 2.66. The highest BCUT2D eigenvalue weighted by atomic mass is 19.2. The molecule has 0 bridgehead atoms. The Balaban J connectivity index is 1.68. The molecule has 4 aliphatic rings. The highest BCUT2D eigenvalue weighted by Gasteiger charge is 2.63. The first-order valence-electron chi connectivity index (χ1n) is 9.30. The molecule has 23 heavy (non-hydrogen) atoms. The van der Waals surface area contributed by atoms with Crippen LogP contribution in [0.1, 0.15) is 65.2 Å². The minimum Gasteiger partial charge on any atom is -0.393 e. The average molecular weight is 324 g/mol. The van der Waals surface area contributed by atoms with E-state index >= 15 is 0 Å². The molecule has 8 atom stereocenters. The van der Waals surface area contributed by atoms with Gasteiger partial charge < -0.3 is 10.2 Å². The Labute approximate surface area is 137 Å². The van der Waals surface area contributed by atoms with Gasteiger partial charge >= 0.3 is 0 Å². The molecule has 2 N–H and O–H groups in total. The van der Waals surface area contributed by atoms with Gasteiger partial charge in [-0.25, -0.2) is 4.39 Å². The van der Waals surface area contributed by atoms with Crippen LogP contribution in [0.2, 0.25) is 0 Å². The Bertz CT molecular complexity index is 533. The Kier molecular flexibility index (Phi) is 3.33. The van der Waals surface area contributed by atoms with Crippen molar-refractivity contribution in [2.75, 3.05) is 0 Å². The number of halogens is 1. The van der Waals surface area contributed by atoms with Crippen LogP contribution in [0.25, 0.3) is 0 Å². The molecule has 0 saturated heterocycles. The molecule has 0 radical (unpaired) electrons. The third kappa shape index (κ3) is 2.10. The molecule has 4 saturated carbocycles. The predicted molar refractivity (Wildman–Crippen MR) is 84.2 cm³/mol. The van der Waals surface area contributed by atoms with Gasteiger partial charge in [0.25, 0.3) is 0 Å². The van der Waals surface area contributed by atoms with E-state index in [0.717, 1.165) is 19.3 Å². The minimum absolute atomic E-state index is 0.00478. The average Bonchev–Trinajstić information content (AvgIpc) is 2.77. The summed E-state index contributed by atoms with van der Waals surface area (Å²) in [5.41, 5.74) is -0.254. The second-order valence-corrected chi connectivity index (χ2v) is 9.34. The van der Waals surface area contributed by atoms with E-state index in [4.69, 9.17) is 0 Å². The predicted octanol–water partition coefficient (Wildman–Crippen LogP) is 3.23. The third-order valence-corrected chi connectivity index (χ3v) is 8.40. The van der Waals surface area contributed by atoms with Crippen molar-refractivity contribution in [2.24, 2.45) is 34.5 Å². The topological polar surface area (TPSA) is 57.5 Å². The molecule has 4 fully saturated rings. The van der Waals surface area contributed by atoms with E-state index in [9.17, 15) is 19.4 Å². The number of Topliss-reactive ketones (excluding diaryl/α,β-unsaturated/α-hetero) is 1. The van der Waals surface area contributed by atoms with Crippen LogP contribution in [0.4, 0.5) is 4.39 Å². The van der Waals surface area contributed by atoms with Gasteiger partial charge in [0.2, 0.25) is 5.85 Å². The van der Waals surface area contributed by atoms with Crippen LogP contribution in [-0.2, 0) is 4.79 Å². The standard InChI is InChI=1S/C19H29FO3/c1-17-7-8-19(20,23)10-11(17)9-14(21)16-12-3-4-15(22)18(12,2)6-5-13(16)17/h11-14,16,21,23H,3-10H2,1-2H3/t11-,12-,13-,14+,16-,17-,18-,19+/m0/s1. The van der Waals surface area contributed by atoms with E-state index in [-0.39, 0.29) is 41.4 Å². The number of ketones is 1. The molecule has 3 nitrogen and oxygen atoms in total. The zero-order valence-corrected chi connectivity index (χ0v) is 14.2. The molecule has 0 aliphatic heterocycles. The molecule has 0 amide bonds. The van der Waals surface area contributed by atoms with Crippen molar-refractivity contribution < 1.29 is 19.4 Å². The Morgan fingerprint density at radius 1 is 1.13 bits per heavy atom. The van der Waals surface area contributed by atoms with Crippen molar-refractivity contribution in [3.05, 3.63) is 0 Å². The lowest BCUT2D eigenvalue weighted by atomic mass is 9.44. The maximum absolute atomic E-state index is 14.1. The van der Waals surface area contributed by atoms with Crippen molar-refractivity contribution >= 4 is 5.78 Å². The fourth-order valence-electron chi connectivity index (χ4n) is 6.94. The molecule has 0 heterocycles. The summed E-state index contributed by atoms with van der Waals surface area (Å²) in [7, 11) is 0. The maximum Gasteiger partial charge on any atom is 0.207 e. The van der Waals surface area contributed by atoms with Gasteiger partial charge in [0.05, 0.1) is 6.10 Å². The number of carbonyl (C=O) groups excluding carboxylic acids is 1. The largest absolute Gasteiger partial charge is 0.393 e. The second kappa shape index (κ2) is 4.78. The van der Waals surface area contributed by atoms with Crippen molar-refractivity contribution in [3.8, 4) is 0 Å². The summed E-state index contributed by atoms with van der Waals surface area (Å²) in [4.78, 5) is 12.4. The van der Waals surface area contributed by atoms with Gasteiger partial charge in [0, 0.05) is 24.7 Å². The van der Waals surface area contributed by atoms with Gasteiger partial charge in [0.1, 0.15) is 5.78 Å². The molecule has 0 aromatic carbocycles. The van der Waals surface area contributed by atoms with Crippen molar-refractivity contribution in [2.45, 2.75) is 77.2 Å². The monoisotopic (exact) mass is 324 g/mol. The summed E-state index contributed by atoms with van der Waals surface area (Å²) in [6.45, 7) is 4.35. The van der Waals surface area contributed by atoms with Crippen molar-refractivity contribution in [1.82, 2.24) is 0 Å². The lowest BCUT2D eigenvalue weighted by Crippen LogP contribution is -2.59. The first-order chi connectivity index (χ1) is 10.7. The van der Waals surface area contributed by atoms with E-state index in [1.54, 1.807) is 0 Å². The molecule has 130 valence electrons. The molecule has 4 rings (SSSR count). The van der Waals surface area contributed by atoms with E-state index < -0.39 is 12.0 Å². The number of fused-ring (bicyclic) bond motifs is 5. The minimum atomic E-state index is -2.07. The van der Waals surface area contributed by atoms with E-state index in [0.29, 0.717) is 31.0 Å². The lowest BCUT2D eigenvalue weighted by Gasteiger charge is -2.61.